The van der Waals surface area contributed by atoms with Crippen LogP contribution in [-0.2, 0) is 23.8 Å². The van der Waals surface area contributed by atoms with Gasteiger partial charge in [0.05, 0.1) is 23.1 Å². The second-order valence-electron chi connectivity index (χ2n) is 8.52. The fourth-order valence-corrected chi connectivity index (χ4v) is 4.57. The van der Waals surface area contributed by atoms with Crippen LogP contribution in [0.2, 0.25) is 10.0 Å². The summed E-state index contributed by atoms with van der Waals surface area (Å²) < 4.78 is 38.1. The minimum Gasteiger partial charge on any atom is -0.453 e. The molecule has 0 fully saturated rings. The van der Waals surface area contributed by atoms with Crippen molar-refractivity contribution in [1.82, 2.24) is 15.5 Å². The normalized spacial score (nSPS) is 11.8. The fourth-order valence-electron chi connectivity index (χ4n) is 3.73. The van der Waals surface area contributed by atoms with Gasteiger partial charge >= 0.3 is 0 Å². The number of benzene rings is 3. The molecule has 0 radical (unpaired) electrons. The largest absolute Gasteiger partial charge is 0.453 e. The van der Waals surface area contributed by atoms with Crippen LogP contribution in [0.4, 0.5) is 4.39 Å². The van der Waals surface area contributed by atoms with Gasteiger partial charge < -0.3 is 14.5 Å². The Morgan fingerprint density at radius 3 is 2.71 bits per heavy atom. The van der Waals surface area contributed by atoms with Crippen LogP contribution in [0.1, 0.15) is 28.1 Å². The highest BCUT2D eigenvalue weighted by Crippen LogP contribution is 2.36. The summed E-state index contributed by atoms with van der Waals surface area (Å²) in [6, 6.07) is 15.3. The topological polar surface area (TPSA) is 101 Å². The molecule has 3 aromatic carbocycles. The summed E-state index contributed by atoms with van der Waals surface area (Å²) in [5.41, 5.74) is 3.31. The maximum absolute atomic E-state index is 15.4. The monoisotopic (exact) mass is 572 g/mol. The highest BCUT2D eigenvalue weighted by atomic mass is 35.5. The van der Waals surface area contributed by atoms with Crippen molar-refractivity contribution in [3.05, 3.63) is 92.5 Å². The lowest BCUT2D eigenvalue weighted by molar-refractivity contribution is 0.437. The van der Waals surface area contributed by atoms with Crippen LogP contribution in [0, 0.1) is 24.1 Å². The lowest BCUT2D eigenvalue weighted by Crippen LogP contribution is -2.19. The molecule has 0 bridgehead atoms. The molecule has 11 heteroatoms. The van der Waals surface area contributed by atoms with Gasteiger partial charge in [-0.05, 0) is 48.4 Å². The van der Waals surface area contributed by atoms with Gasteiger partial charge in [0, 0.05) is 52.0 Å². The molecule has 0 amide bonds. The molecule has 196 valence electrons. The number of ether oxygens (including phenoxy) is 1. The summed E-state index contributed by atoms with van der Waals surface area (Å²) in [6.07, 6.45) is 1.70. The molecule has 0 aliphatic heterocycles. The number of nitrogens with one attached hydrogen (secondary N) is 1. The molecule has 0 spiro atoms. The van der Waals surface area contributed by atoms with Crippen LogP contribution in [0.5, 0.6) is 11.5 Å². The lowest BCUT2D eigenvalue weighted by atomic mass is 10.1. The second-order valence-corrected chi connectivity index (χ2v) is 10.9. The van der Waals surface area contributed by atoms with Crippen molar-refractivity contribution in [1.29, 1.82) is 5.26 Å². The number of aryl methyl sites for hydroxylation is 1. The zero-order chi connectivity index (χ0) is 27.2. The predicted molar refractivity (Wildman–Crippen MR) is 146 cm³/mol. The molecule has 4 rings (SSSR count). The van der Waals surface area contributed by atoms with E-state index in [2.05, 4.69) is 15.5 Å². The molecule has 7 nitrogen and oxygen atoms in total. The molecular formula is C27H23Cl2FN4O3S. The van der Waals surface area contributed by atoms with E-state index in [4.69, 9.17) is 37.6 Å². The van der Waals surface area contributed by atoms with Gasteiger partial charge in [0.25, 0.3) is 0 Å². The molecule has 1 atom stereocenters. The first-order valence-electron chi connectivity index (χ1n) is 11.5. The standard InChI is InChI=1S/C27H23Cl2FN4O3S/c1-16-9-17(15-32-7-8-38(2)35)3-5-22(16)27-34-33-24(37-27)12-19-4-6-23(29)26(25(19)30)36-21-11-18(14-31)10-20(28)13-21/h3-6,9-11,13,32H,7-8,12,15H2,1-2H3. The molecule has 0 saturated heterocycles. The molecule has 0 aliphatic carbocycles. The third-order valence-electron chi connectivity index (χ3n) is 5.57. The Hall–Kier alpha value is -3.29. The molecule has 1 heterocycles. The highest BCUT2D eigenvalue weighted by Gasteiger charge is 2.19. The molecule has 1 unspecified atom stereocenters. The summed E-state index contributed by atoms with van der Waals surface area (Å²) in [7, 11) is -0.828. The maximum Gasteiger partial charge on any atom is 0.248 e. The number of hydrogen-bond acceptors (Lipinski definition) is 7. The van der Waals surface area contributed by atoms with E-state index in [9.17, 15) is 4.21 Å². The fraction of sp³-hybridized carbons (Fsp3) is 0.222. The van der Waals surface area contributed by atoms with Crippen LogP contribution in [0.3, 0.4) is 0 Å². The quantitative estimate of drug-likeness (QED) is 0.225. The van der Waals surface area contributed by atoms with Gasteiger partial charge in [0.1, 0.15) is 5.75 Å². The van der Waals surface area contributed by atoms with Crippen molar-refractivity contribution in [2.24, 2.45) is 0 Å². The lowest BCUT2D eigenvalue weighted by Gasteiger charge is -2.12. The molecule has 0 aliphatic rings. The van der Waals surface area contributed by atoms with Crippen molar-refractivity contribution < 1.29 is 17.8 Å². The molecule has 1 N–H and O–H groups in total. The number of nitrogens with zero attached hydrogens (tertiary/aromatic N) is 3. The van der Waals surface area contributed by atoms with Crippen LogP contribution in [0.25, 0.3) is 11.5 Å². The summed E-state index contributed by atoms with van der Waals surface area (Å²) in [5, 5.41) is 21.0. The Morgan fingerprint density at radius 2 is 1.97 bits per heavy atom. The first kappa shape index (κ1) is 27.7. The van der Waals surface area contributed by atoms with Crippen molar-refractivity contribution in [3.63, 3.8) is 0 Å². The maximum atomic E-state index is 15.4. The molecule has 0 saturated carbocycles. The van der Waals surface area contributed by atoms with Gasteiger partial charge in [-0.15, -0.1) is 10.2 Å². The van der Waals surface area contributed by atoms with E-state index in [1.54, 1.807) is 6.26 Å². The van der Waals surface area contributed by atoms with Crippen molar-refractivity contribution in [2.45, 2.75) is 19.9 Å². The number of aromatic nitrogens is 2. The predicted octanol–water partition coefficient (Wildman–Crippen LogP) is 6.21. The van der Waals surface area contributed by atoms with Crippen molar-refractivity contribution in [3.8, 4) is 29.0 Å². The third-order valence-corrected chi connectivity index (χ3v) is 6.87. The third kappa shape index (κ3) is 6.97. The minimum absolute atomic E-state index is 0.0191. The Morgan fingerprint density at radius 1 is 1.16 bits per heavy atom. The smallest absolute Gasteiger partial charge is 0.248 e. The van der Waals surface area contributed by atoms with Crippen molar-refractivity contribution in [2.75, 3.05) is 18.6 Å². The van der Waals surface area contributed by atoms with E-state index >= 15 is 4.39 Å². The van der Waals surface area contributed by atoms with E-state index in [0.29, 0.717) is 24.7 Å². The number of hydrogen-bond donors (Lipinski definition) is 1. The Kier molecular flexibility index (Phi) is 9.13. The minimum atomic E-state index is -0.828. The summed E-state index contributed by atoms with van der Waals surface area (Å²) in [4.78, 5) is 0. The SMILES string of the molecule is Cc1cc(CNCCS(C)=O)ccc1-c1nnc(Cc2ccc(Cl)c(Oc3cc(Cl)cc(C#N)c3)c2F)o1. The van der Waals surface area contributed by atoms with E-state index < -0.39 is 16.6 Å². The summed E-state index contributed by atoms with van der Waals surface area (Å²) >= 11 is 12.2. The van der Waals surface area contributed by atoms with Crippen LogP contribution >= 0.6 is 23.2 Å². The van der Waals surface area contributed by atoms with E-state index in [0.717, 1.165) is 16.7 Å². The number of halogens is 3. The second kappa shape index (κ2) is 12.5. The number of nitriles is 1. The first-order valence-corrected chi connectivity index (χ1v) is 14.0. The zero-order valence-corrected chi connectivity index (χ0v) is 22.9. The van der Waals surface area contributed by atoms with Crippen LogP contribution < -0.4 is 10.1 Å². The Bertz CT molecular complexity index is 1540. The van der Waals surface area contributed by atoms with Gasteiger partial charge in [-0.2, -0.15) is 5.26 Å². The zero-order valence-electron chi connectivity index (χ0n) is 20.6. The highest BCUT2D eigenvalue weighted by molar-refractivity contribution is 7.84. The molecule has 38 heavy (non-hydrogen) atoms. The summed E-state index contributed by atoms with van der Waals surface area (Å²) in [6.45, 7) is 3.27. The van der Waals surface area contributed by atoms with Gasteiger partial charge in [-0.25, -0.2) is 4.39 Å². The average Bonchev–Trinajstić information content (AvgIpc) is 3.34. The van der Waals surface area contributed by atoms with Gasteiger partial charge in [-0.3, -0.25) is 4.21 Å². The first-order chi connectivity index (χ1) is 18.2. The van der Waals surface area contributed by atoms with E-state index in [-0.39, 0.29) is 45.0 Å². The average molecular weight is 573 g/mol. The van der Waals surface area contributed by atoms with E-state index in [1.165, 1.54) is 30.3 Å². The molecule has 4 aromatic rings. The van der Waals surface area contributed by atoms with Crippen molar-refractivity contribution >= 4 is 34.0 Å². The number of rotatable bonds is 10. The van der Waals surface area contributed by atoms with Gasteiger partial charge in [-0.1, -0.05) is 41.4 Å². The molecule has 1 aromatic heterocycles. The Labute approximate surface area is 232 Å². The van der Waals surface area contributed by atoms with Crippen LogP contribution in [0.15, 0.2) is 52.9 Å². The Balaban J connectivity index is 1.49. The van der Waals surface area contributed by atoms with Gasteiger partial charge in [0.2, 0.25) is 11.8 Å². The summed E-state index contributed by atoms with van der Waals surface area (Å²) in [5.74, 6) is 0.455. The van der Waals surface area contributed by atoms with Crippen LogP contribution in [-0.4, -0.2) is 33.0 Å². The van der Waals surface area contributed by atoms with E-state index in [1.807, 2.05) is 31.2 Å². The van der Waals surface area contributed by atoms with Gasteiger partial charge in [0.15, 0.2) is 11.6 Å². The molecular weight excluding hydrogens is 550 g/mol.